The van der Waals surface area contributed by atoms with Crippen molar-refractivity contribution in [1.29, 1.82) is 0 Å². The van der Waals surface area contributed by atoms with Crippen LogP contribution in [0.3, 0.4) is 0 Å². The molecule has 2 heterocycles. The largest absolute Gasteiger partial charge is 0.494 e. The average Bonchev–Trinajstić information content (AvgIpc) is 3.07. The summed E-state index contributed by atoms with van der Waals surface area (Å²) in [6.07, 6.45) is -3.15. The highest BCUT2D eigenvalue weighted by molar-refractivity contribution is 8.00. The predicted molar refractivity (Wildman–Crippen MR) is 115 cm³/mol. The van der Waals surface area contributed by atoms with Gasteiger partial charge in [0.2, 0.25) is 17.0 Å². The highest BCUT2D eigenvalue weighted by Gasteiger charge is 2.40. The van der Waals surface area contributed by atoms with Crippen LogP contribution in [0.25, 0.3) is 11.3 Å². The first-order valence-electron chi connectivity index (χ1n) is 9.90. The molecule has 1 unspecified atom stereocenters. The first kappa shape index (κ1) is 22.7. The number of aromatic nitrogens is 3. The van der Waals surface area contributed by atoms with Crippen LogP contribution in [-0.4, -0.2) is 38.9 Å². The Morgan fingerprint density at radius 1 is 1.09 bits per heavy atom. The molecule has 1 saturated heterocycles. The normalized spacial score (nSPS) is 16.4. The third-order valence-electron chi connectivity index (χ3n) is 4.81. The van der Waals surface area contributed by atoms with Crippen molar-refractivity contribution in [1.82, 2.24) is 15.2 Å². The van der Waals surface area contributed by atoms with Gasteiger partial charge < -0.3 is 4.74 Å². The van der Waals surface area contributed by atoms with Crippen LogP contribution in [0.15, 0.2) is 59.9 Å². The second kappa shape index (κ2) is 9.18. The van der Waals surface area contributed by atoms with Crippen LogP contribution in [0.1, 0.15) is 18.9 Å². The lowest BCUT2D eigenvalue weighted by molar-refractivity contribution is -0.137. The highest BCUT2D eigenvalue weighted by Crippen LogP contribution is 2.34. The van der Waals surface area contributed by atoms with Crippen LogP contribution < -0.4 is 9.64 Å². The van der Waals surface area contributed by atoms with Crippen molar-refractivity contribution in [3.05, 3.63) is 60.3 Å². The number of hydrogen-bond donors (Lipinski definition) is 0. The average molecular weight is 474 g/mol. The fourth-order valence-electron chi connectivity index (χ4n) is 3.26. The van der Waals surface area contributed by atoms with Crippen molar-refractivity contribution in [2.75, 3.05) is 11.5 Å². The van der Waals surface area contributed by atoms with Gasteiger partial charge in [-0.2, -0.15) is 18.3 Å². The van der Waals surface area contributed by atoms with E-state index in [0.717, 1.165) is 28.8 Å². The number of ether oxygens (including phenoxy) is 1. The van der Waals surface area contributed by atoms with Crippen LogP contribution >= 0.6 is 11.8 Å². The molecular weight excluding hydrogens is 457 g/mol. The molecule has 0 saturated carbocycles. The summed E-state index contributed by atoms with van der Waals surface area (Å²) in [5.41, 5.74) is 0.396. The van der Waals surface area contributed by atoms with Gasteiger partial charge in [-0.15, -0.1) is 5.10 Å². The number of hydrogen-bond acceptors (Lipinski definition) is 7. The minimum atomic E-state index is -4.44. The van der Waals surface area contributed by atoms with Crippen LogP contribution in [0.5, 0.6) is 5.75 Å². The summed E-state index contributed by atoms with van der Waals surface area (Å²) in [6.45, 7) is 2.35. The van der Waals surface area contributed by atoms with E-state index in [2.05, 4.69) is 15.2 Å². The Balaban J connectivity index is 1.49. The fourth-order valence-corrected chi connectivity index (χ4v) is 4.19. The number of rotatable bonds is 6. The van der Waals surface area contributed by atoms with Gasteiger partial charge in [0.15, 0.2) is 0 Å². The molecule has 1 aliphatic heterocycles. The Kier molecular flexibility index (Phi) is 6.32. The standard InChI is InChI=1S/C22H17F3N4O3S/c1-2-32-16-9-7-15(8-10-16)29-19(30)11-18(20(29)31)33-21-27-17(12-26-28-21)13-3-5-14(6-4-13)22(23,24)25/h3-10,12,18H,2,11H2,1H3. The number of nitrogens with zero attached hydrogens (tertiary/aromatic N) is 4. The second-order valence-corrected chi connectivity index (χ2v) is 8.17. The van der Waals surface area contributed by atoms with Crippen molar-refractivity contribution in [2.45, 2.75) is 29.9 Å². The maximum Gasteiger partial charge on any atom is 0.416 e. The molecule has 2 aromatic carbocycles. The van der Waals surface area contributed by atoms with Gasteiger partial charge in [-0.05, 0) is 43.3 Å². The summed E-state index contributed by atoms with van der Waals surface area (Å²) in [5.74, 6) is -0.128. The third-order valence-corrected chi connectivity index (χ3v) is 5.84. The Morgan fingerprint density at radius 3 is 2.42 bits per heavy atom. The number of imide groups is 1. The van der Waals surface area contributed by atoms with Crippen LogP contribution in [0.4, 0.5) is 18.9 Å². The van der Waals surface area contributed by atoms with E-state index in [0.29, 0.717) is 29.3 Å². The van der Waals surface area contributed by atoms with E-state index < -0.39 is 22.9 Å². The van der Waals surface area contributed by atoms with Gasteiger partial charge in [-0.25, -0.2) is 9.88 Å². The van der Waals surface area contributed by atoms with E-state index in [4.69, 9.17) is 4.74 Å². The molecule has 0 N–H and O–H groups in total. The van der Waals surface area contributed by atoms with E-state index in [-0.39, 0.29) is 17.5 Å². The molecule has 2 amide bonds. The molecule has 7 nitrogen and oxygen atoms in total. The number of carbonyl (C=O) groups excluding carboxylic acids is 2. The Labute approximate surface area is 191 Å². The van der Waals surface area contributed by atoms with Gasteiger partial charge in [0.25, 0.3) is 0 Å². The van der Waals surface area contributed by atoms with Crippen molar-refractivity contribution in [2.24, 2.45) is 0 Å². The first-order valence-corrected chi connectivity index (χ1v) is 10.8. The summed E-state index contributed by atoms with van der Waals surface area (Å²) >= 11 is 0.988. The number of benzene rings is 2. The van der Waals surface area contributed by atoms with Gasteiger partial charge in [0.05, 0.1) is 29.7 Å². The summed E-state index contributed by atoms with van der Waals surface area (Å²) in [6, 6.07) is 11.1. The Bertz CT molecular complexity index is 1170. The summed E-state index contributed by atoms with van der Waals surface area (Å²) in [5, 5.41) is 7.14. The van der Waals surface area contributed by atoms with Crippen LogP contribution in [0.2, 0.25) is 0 Å². The van der Waals surface area contributed by atoms with Crippen molar-refractivity contribution < 1.29 is 27.5 Å². The summed E-state index contributed by atoms with van der Waals surface area (Å²) in [4.78, 5) is 30.8. The van der Waals surface area contributed by atoms with E-state index in [1.807, 2.05) is 6.92 Å². The number of anilines is 1. The monoisotopic (exact) mass is 474 g/mol. The summed E-state index contributed by atoms with van der Waals surface area (Å²) in [7, 11) is 0. The molecule has 0 bridgehead atoms. The molecule has 0 aliphatic carbocycles. The van der Waals surface area contributed by atoms with E-state index in [1.165, 1.54) is 18.3 Å². The molecule has 0 radical (unpaired) electrons. The molecular formula is C22H17F3N4O3S. The maximum atomic E-state index is 12.9. The molecule has 170 valence electrons. The molecule has 1 atom stereocenters. The van der Waals surface area contributed by atoms with Gasteiger partial charge >= 0.3 is 6.18 Å². The zero-order chi connectivity index (χ0) is 23.6. The lowest BCUT2D eigenvalue weighted by Crippen LogP contribution is -2.31. The molecule has 1 aromatic heterocycles. The molecule has 33 heavy (non-hydrogen) atoms. The second-order valence-electron chi connectivity index (χ2n) is 7.00. The van der Waals surface area contributed by atoms with Gasteiger partial charge in [-0.3, -0.25) is 9.59 Å². The Morgan fingerprint density at radius 2 is 1.79 bits per heavy atom. The van der Waals surface area contributed by atoms with Gasteiger partial charge in [0, 0.05) is 12.0 Å². The molecule has 1 aliphatic rings. The van der Waals surface area contributed by atoms with Gasteiger partial charge in [0.1, 0.15) is 11.0 Å². The number of thioether (sulfide) groups is 1. The number of alkyl halides is 3. The lowest BCUT2D eigenvalue weighted by atomic mass is 10.1. The predicted octanol–water partition coefficient (Wildman–Crippen LogP) is 4.38. The highest BCUT2D eigenvalue weighted by atomic mass is 32.2. The molecule has 11 heteroatoms. The topological polar surface area (TPSA) is 85.3 Å². The number of carbonyl (C=O) groups is 2. The molecule has 1 fully saturated rings. The van der Waals surface area contributed by atoms with Gasteiger partial charge in [-0.1, -0.05) is 23.9 Å². The van der Waals surface area contributed by atoms with Crippen molar-refractivity contribution in [3.63, 3.8) is 0 Å². The zero-order valence-corrected chi connectivity index (χ0v) is 18.1. The van der Waals surface area contributed by atoms with Crippen LogP contribution in [-0.2, 0) is 15.8 Å². The lowest BCUT2D eigenvalue weighted by Gasteiger charge is -2.15. The van der Waals surface area contributed by atoms with E-state index in [1.54, 1.807) is 24.3 Å². The first-order chi connectivity index (χ1) is 15.8. The van der Waals surface area contributed by atoms with E-state index >= 15 is 0 Å². The minimum absolute atomic E-state index is 0.0371. The molecule has 0 spiro atoms. The quantitative estimate of drug-likeness (QED) is 0.490. The number of amides is 2. The minimum Gasteiger partial charge on any atom is -0.494 e. The summed E-state index contributed by atoms with van der Waals surface area (Å²) < 4.78 is 43.7. The van der Waals surface area contributed by atoms with Crippen molar-refractivity contribution in [3.8, 4) is 17.0 Å². The number of halogens is 3. The zero-order valence-electron chi connectivity index (χ0n) is 17.2. The third kappa shape index (κ3) is 4.98. The Hall–Kier alpha value is -3.47. The maximum absolute atomic E-state index is 12.9. The van der Waals surface area contributed by atoms with Crippen molar-refractivity contribution >= 4 is 29.3 Å². The smallest absolute Gasteiger partial charge is 0.416 e. The fraction of sp³-hybridized carbons (Fsp3) is 0.227. The SMILES string of the molecule is CCOc1ccc(N2C(=O)CC(Sc3nncc(-c4ccc(C(F)(F)F)cc4)n3)C2=O)cc1. The van der Waals surface area contributed by atoms with E-state index in [9.17, 15) is 22.8 Å². The molecule has 3 aromatic rings. The molecule has 4 rings (SSSR count). The van der Waals surface area contributed by atoms with Crippen LogP contribution in [0, 0.1) is 0 Å².